The van der Waals surface area contributed by atoms with Crippen molar-refractivity contribution < 1.29 is 9.05 Å². The van der Waals surface area contributed by atoms with Gasteiger partial charge >= 0.3 is 0 Å². The van der Waals surface area contributed by atoms with Crippen LogP contribution in [0.5, 0.6) is 0 Å². The molecule has 1 aliphatic heterocycles. The minimum absolute atomic E-state index is 0.201. The first-order valence-electron chi connectivity index (χ1n) is 8.58. The van der Waals surface area contributed by atoms with Gasteiger partial charge in [-0.2, -0.15) is 9.97 Å². The highest BCUT2D eigenvalue weighted by atomic mass is 16.5. The van der Waals surface area contributed by atoms with Crippen LogP contribution in [0, 0.1) is 5.92 Å². The predicted octanol–water partition coefficient (Wildman–Crippen LogP) is 2.87. The number of likely N-dealkylation sites (tertiary alicyclic amines) is 1. The maximum absolute atomic E-state index is 5.41. The first kappa shape index (κ1) is 14.8. The number of nitrogens with zero attached hydrogens (tertiary/aromatic N) is 5. The molecule has 0 radical (unpaired) electrons. The molecule has 0 aromatic carbocycles. The SMILES string of the molecule is CC(C)Cc1noc(CN2CCC[C@@H]2c2noc(C3CC3)n2)n1. The van der Waals surface area contributed by atoms with Crippen LogP contribution in [0.15, 0.2) is 9.05 Å². The lowest BCUT2D eigenvalue weighted by Gasteiger charge is -2.19. The lowest BCUT2D eigenvalue weighted by molar-refractivity contribution is 0.202. The molecule has 23 heavy (non-hydrogen) atoms. The molecule has 0 N–H and O–H groups in total. The topological polar surface area (TPSA) is 81.1 Å². The summed E-state index contributed by atoms with van der Waals surface area (Å²) >= 11 is 0. The number of aromatic nitrogens is 4. The zero-order valence-corrected chi connectivity index (χ0v) is 13.7. The first-order valence-corrected chi connectivity index (χ1v) is 8.58. The first-order chi connectivity index (χ1) is 11.2. The lowest BCUT2D eigenvalue weighted by atomic mass is 10.1. The van der Waals surface area contributed by atoms with E-state index in [0.29, 0.717) is 24.3 Å². The van der Waals surface area contributed by atoms with Gasteiger partial charge in [-0.1, -0.05) is 24.2 Å². The second-order valence-corrected chi connectivity index (χ2v) is 7.10. The minimum Gasteiger partial charge on any atom is -0.339 e. The third-order valence-electron chi connectivity index (χ3n) is 4.49. The Hall–Kier alpha value is -1.76. The Labute approximate surface area is 135 Å². The van der Waals surface area contributed by atoms with E-state index in [0.717, 1.165) is 43.3 Å². The highest BCUT2D eigenvalue weighted by Gasteiger charge is 2.34. The van der Waals surface area contributed by atoms with Crippen molar-refractivity contribution >= 4 is 0 Å². The van der Waals surface area contributed by atoms with Gasteiger partial charge in [-0.3, -0.25) is 4.90 Å². The van der Waals surface area contributed by atoms with Gasteiger partial charge < -0.3 is 9.05 Å². The molecule has 0 unspecified atom stereocenters. The van der Waals surface area contributed by atoms with E-state index in [9.17, 15) is 0 Å². The van der Waals surface area contributed by atoms with Crippen LogP contribution in [-0.4, -0.2) is 31.7 Å². The van der Waals surface area contributed by atoms with E-state index in [4.69, 9.17) is 9.05 Å². The largest absolute Gasteiger partial charge is 0.339 e. The highest BCUT2D eigenvalue weighted by Crippen LogP contribution is 2.40. The fraction of sp³-hybridized carbons (Fsp3) is 0.750. The van der Waals surface area contributed by atoms with Crippen molar-refractivity contribution in [3.05, 3.63) is 23.4 Å². The number of hydrogen-bond acceptors (Lipinski definition) is 7. The van der Waals surface area contributed by atoms with E-state index >= 15 is 0 Å². The van der Waals surface area contributed by atoms with Crippen molar-refractivity contribution in [1.82, 2.24) is 25.2 Å². The predicted molar refractivity (Wildman–Crippen MR) is 81.5 cm³/mol. The molecule has 0 amide bonds. The summed E-state index contributed by atoms with van der Waals surface area (Å²) in [4.78, 5) is 11.4. The van der Waals surface area contributed by atoms with Crippen LogP contribution < -0.4 is 0 Å². The van der Waals surface area contributed by atoms with Gasteiger partial charge in [0.15, 0.2) is 11.6 Å². The van der Waals surface area contributed by atoms with E-state index in [-0.39, 0.29) is 6.04 Å². The van der Waals surface area contributed by atoms with Gasteiger partial charge in [0, 0.05) is 12.3 Å². The van der Waals surface area contributed by atoms with Gasteiger partial charge in [-0.15, -0.1) is 0 Å². The Morgan fingerprint density at radius 1 is 1.13 bits per heavy atom. The maximum atomic E-state index is 5.41. The molecule has 1 atom stereocenters. The van der Waals surface area contributed by atoms with Crippen molar-refractivity contribution in [1.29, 1.82) is 0 Å². The molecule has 124 valence electrons. The van der Waals surface area contributed by atoms with Crippen LogP contribution in [0.3, 0.4) is 0 Å². The van der Waals surface area contributed by atoms with Crippen LogP contribution >= 0.6 is 0 Å². The average Bonchev–Trinajstić information content (AvgIpc) is 2.91. The highest BCUT2D eigenvalue weighted by molar-refractivity contribution is 5.05. The van der Waals surface area contributed by atoms with Gasteiger partial charge in [0.05, 0.1) is 12.6 Å². The Bertz CT molecular complexity index is 661. The quantitative estimate of drug-likeness (QED) is 0.810. The van der Waals surface area contributed by atoms with Gasteiger partial charge in [-0.05, 0) is 38.1 Å². The third-order valence-corrected chi connectivity index (χ3v) is 4.49. The normalized spacial score (nSPS) is 22.3. The van der Waals surface area contributed by atoms with E-state index in [2.05, 4.69) is 39.0 Å². The van der Waals surface area contributed by atoms with E-state index in [1.54, 1.807) is 0 Å². The molecule has 1 saturated carbocycles. The Morgan fingerprint density at radius 2 is 2.00 bits per heavy atom. The van der Waals surface area contributed by atoms with Crippen LogP contribution in [0.4, 0.5) is 0 Å². The Kier molecular flexibility index (Phi) is 3.88. The molecule has 1 saturated heterocycles. The average molecular weight is 317 g/mol. The molecule has 2 aromatic rings. The second kappa shape index (κ2) is 6.03. The molecule has 2 aromatic heterocycles. The zero-order chi connectivity index (χ0) is 15.8. The van der Waals surface area contributed by atoms with Crippen molar-refractivity contribution in [3.8, 4) is 0 Å². The molecule has 1 aliphatic carbocycles. The van der Waals surface area contributed by atoms with E-state index in [1.807, 2.05) is 0 Å². The van der Waals surface area contributed by atoms with Crippen molar-refractivity contribution in [2.45, 2.75) is 64.5 Å². The summed E-state index contributed by atoms with van der Waals surface area (Å²) in [6.07, 6.45) is 5.39. The molecule has 3 heterocycles. The molecule has 0 bridgehead atoms. The van der Waals surface area contributed by atoms with Crippen LogP contribution in [-0.2, 0) is 13.0 Å². The number of hydrogen-bond donors (Lipinski definition) is 0. The van der Waals surface area contributed by atoms with Crippen LogP contribution in [0.25, 0.3) is 0 Å². The summed E-state index contributed by atoms with van der Waals surface area (Å²) in [7, 11) is 0. The molecular weight excluding hydrogens is 294 g/mol. The van der Waals surface area contributed by atoms with E-state index in [1.165, 1.54) is 12.8 Å². The van der Waals surface area contributed by atoms with Gasteiger partial charge in [-0.25, -0.2) is 0 Å². The second-order valence-electron chi connectivity index (χ2n) is 7.10. The smallest absolute Gasteiger partial charge is 0.240 e. The summed E-state index contributed by atoms with van der Waals surface area (Å²) in [5, 5.41) is 8.27. The monoisotopic (exact) mass is 317 g/mol. The summed E-state index contributed by atoms with van der Waals surface area (Å²) in [6, 6.07) is 0.201. The van der Waals surface area contributed by atoms with E-state index < -0.39 is 0 Å². The Morgan fingerprint density at radius 3 is 2.78 bits per heavy atom. The lowest BCUT2D eigenvalue weighted by Crippen LogP contribution is -2.23. The summed E-state index contributed by atoms with van der Waals surface area (Å²) < 4.78 is 10.8. The van der Waals surface area contributed by atoms with Crippen LogP contribution in [0.1, 0.15) is 74.9 Å². The number of rotatable bonds is 6. The maximum Gasteiger partial charge on any atom is 0.240 e. The summed E-state index contributed by atoms with van der Waals surface area (Å²) in [6.45, 7) is 5.96. The standard InChI is InChI=1S/C16H23N5O2/c1-10(2)8-13-17-14(22-19-13)9-21-7-3-4-12(21)15-18-16(23-20-15)11-5-6-11/h10-12H,3-9H2,1-2H3/t12-/m1/s1. The van der Waals surface area contributed by atoms with Crippen molar-refractivity contribution in [2.24, 2.45) is 5.92 Å². The minimum atomic E-state index is 0.201. The third kappa shape index (κ3) is 3.29. The molecular formula is C16H23N5O2. The van der Waals surface area contributed by atoms with Crippen molar-refractivity contribution in [2.75, 3.05) is 6.54 Å². The fourth-order valence-corrected chi connectivity index (χ4v) is 3.16. The molecule has 0 spiro atoms. The molecule has 7 nitrogen and oxygen atoms in total. The van der Waals surface area contributed by atoms with Gasteiger partial charge in [0.2, 0.25) is 11.8 Å². The van der Waals surface area contributed by atoms with Crippen molar-refractivity contribution in [3.63, 3.8) is 0 Å². The van der Waals surface area contributed by atoms with Gasteiger partial charge in [0.25, 0.3) is 0 Å². The zero-order valence-electron chi connectivity index (χ0n) is 13.7. The summed E-state index contributed by atoms with van der Waals surface area (Å²) in [5.41, 5.74) is 0. The molecule has 7 heteroatoms. The van der Waals surface area contributed by atoms with Gasteiger partial charge in [0.1, 0.15) is 0 Å². The molecule has 2 aliphatic rings. The Balaban J connectivity index is 1.43. The fourth-order valence-electron chi connectivity index (χ4n) is 3.16. The molecule has 2 fully saturated rings. The summed E-state index contributed by atoms with van der Waals surface area (Å²) in [5.74, 6) is 4.12. The van der Waals surface area contributed by atoms with Crippen LogP contribution in [0.2, 0.25) is 0 Å². The molecule has 4 rings (SSSR count).